The number of anilines is 2. The molecule has 3 atom stereocenters. The van der Waals surface area contributed by atoms with Crippen molar-refractivity contribution in [2.75, 3.05) is 4.90 Å². The van der Waals surface area contributed by atoms with Crippen molar-refractivity contribution in [3.05, 3.63) is 185 Å². The van der Waals surface area contributed by atoms with Gasteiger partial charge in [0.1, 0.15) is 0 Å². The highest BCUT2D eigenvalue weighted by atomic mass is 15.1. The van der Waals surface area contributed by atoms with Crippen LogP contribution in [-0.4, -0.2) is 4.57 Å². The van der Waals surface area contributed by atoms with E-state index in [1.807, 2.05) is 0 Å². The molecule has 0 N–H and O–H groups in total. The lowest BCUT2D eigenvalue weighted by molar-refractivity contribution is 0.594. The number of hydrogen-bond acceptors (Lipinski definition) is 1. The fourth-order valence-electron chi connectivity index (χ4n) is 10.3. The molecule has 6 aromatic rings. The van der Waals surface area contributed by atoms with Crippen LogP contribution in [-0.2, 0) is 17.3 Å². The molecular weight excluding hydrogens is 665 g/mol. The number of hydrogen-bond donors (Lipinski definition) is 0. The smallest absolute Gasteiger partial charge is 0.0583 e. The van der Waals surface area contributed by atoms with Gasteiger partial charge in [-0.15, -0.1) is 0 Å². The van der Waals surface area contributed by atoms with Crippen LogP contribution in [0.5, 0.6) is 0 Å². The maximum absolute atomic E-state index is 2.65. The van der Waals surface area contributed by atoms with Crippen LogP contribution in [0.2, 0.25) is 0 Å². The third kappa shape index (κ3) is 5.00. The second-order valence-electron chi connectivity index (χ2n) is 17.5. The Balaban J connectivity index is 1.26. The van der Waals surface area contributed by atoms with Gasteiger partial charge in [-0.1, -0.05) is 138 Å². The monoisotopic (exact) mass is 714 g/mol. The van der Waals surface area contributed by atoms with Crippen molar-refractivity contribution in [1.29, 1.82) is 0 Å². The normalized spacial score (nSPS) is 20.0. The summed E-state index contributed by atoms with van der Waals surface area (Å²) in [4.78, 5) is 2.49. The molecule has 0 radical (unpaired) electrons. The van der Waals surface area contributed by atoms with E-state index in [0.717, 1.165) is 6.42 Å². The molecule has 4 aliphatic rings. The Morgan fingerprint density at radius 2 is 1.38 bits per heavy atom. The molecule has 2 aliphatic carbocycles. The number of rotatable bonds is 7. The van der Waals surface area contributed by atoms with Crippen LogP contribution in [0.4, 0.5) is 11.4 Å². The Morgan fingerprint density at radius 3 is 2.09 bits per heavy atom. The molecule has 0 saturated heterocycles. The molecular formula is C53H50N2. The van der Waals surface area contributed by atoms with Crippen molar-refractivity contribution in [3.8, 4) is 16.8 Å². The minimum Gasteiger partial charge on any atom is -0.311 e. The van der Waals surface area contributed by atoms with Gasteiger partial charge in [0, 0.05) is 50.5 Å². The molecule has 2 nitrogen and oxygen atoms in total. The van der Waals surface area contributed by atoms with E-state index in [4.69, 9.17) is 0 Å². The van der Waals surface area contributed by atoms with Gasteiger partial charge >= 0.3 is 0 Å². The van der Waals surface area contributed by atoms with Gasteiger partial charge in [-0.05, 0) is 113 Å². The molecule has 0 fully saturated rings. The number of aromatic nitrogens is 1. The summed E-state index contributed by atoms with van der Waals surface area (Å²) in [7, 11) is 0. The summed E-state index contributed by atoms with van der Waals surface area (Å²) >= 11 is 0. The topological polar surface area (TPSA) is 8.17 Å². The predicted molar refractivity (Wildman–Crippen MR) is 234 cm³/mol. The Morgan fingerprint density at radius 1 is 0.691 bits per heavy atom. The first-order valence-electron chi connectivity index (χ1n) is 20.2. The Labute approximate surface area is 326 Å². The molecule has 55 heavy (non-hydrogen) atoms. The lowest BCUT2D eigenvalue weighted by atomic mass is 9.68. The molecule has 0 spiro atoms. The van der Waals surface area contributed by atoms with Gasteiger partial charge in [-0.3, -0.25) is 0 Å². The van der Waals surface area contributed by atoms with Gasteiger partial charge in [0.05, 0.1) is 16.7 Å². The molecule has 3 heterocycles. The standard InChI is InChI=1S/C53H50N2/c1-8-15-33(2)26-36-22-23-38(27-34(36)3)39-29-43-44-31-42(54(40-18-10-9-11-19-40)41-25-24-35-16-12-13-17-37(35)28-41)32-48-50(44)55-49(43)47(30-39)52(4,5)45-20-14-21-46(51(45)55)53(48,6)7/h8-25,27-33,35,37H,26H2,1-7H3/b15-8-. The van der Waals surface area contributed by atoms with Gasteiger partial charge in [0.2, 0.25) is 0 Å². The molecule has 0 amide bonds. The lowest BCUT2D eigenvalue weighted by Crippen LogP contribution is -2.33. The summed E-state index contributed by atoms with van der Waals surface area (Å²) in [6.07, 6.45) is 21.7. The van der Waals surface area contributed by atoms with Gasteiger partial charge in [0.25, 0.3) is 0 Å². The van der Waals surface area contributed by atoms with E-state index in [0.29, 0.717) is 17.8 Å². The minimum absolute atomic E-state index is 0.177. The van der Waals surface area contributed by atoms with E-state index in [1.165, 1.54) is 89.1 Å². The number of para-hydroxylation sites is 2. The largest absolute Gasteiger partial charge is 0.311 e. The second-order valence-corrected chi connectivity index (χ2v) is 17.5. The number of nitrogens with zero attached hydrogens (tertiary/aromatic N) is 2. The summed E-state index contributed by atoms with van der Waals surface area (Å²) in [5, 5.41) is 2.66. The Bertz CT molecular complexity index is 2720. The number of aryl methyl sites for hydroxylation is 1. The molecule has 272 valence electrons. The van der Waals surface area contributed by atoms with Crippen LogP contribution < -0.4 is 4.90 Å². The Hall–Kier alpha value is -5.60. The molecule has 3 unspecified atom stereocenters. The van der Waals surface area contributed by atoms with Crippen molar-refractivity contribution >= 4 is 33.2 Å². The number of benzene rings is 5. The summed E-state index contributed by atoms with van der Waals surface area (Å²) in [6, 6.07) is 35.2. The molecule has 10 rings (SSSR count). The zero-order chi connectivity index (χ0) is 37.8. The van der Waals surface area contributed by atoms with E-state index in [-0.39, 0.29) is 10.8 Å². The maximum atomic E-state index is 2.65. The summed E-state index contributed by atoms with van der Waals surface area (Å²) in [5.41, 5.74) is 18.2. The van der Waals surface area contributed by atoms with Crippen molar-refractivity contribution in [3.63, 3.8) is 0 Å². The van der Waals surface area contributed by atoms with E-state index in [9.17, 15) is 0 Å². The first kappa shape index (κ1) is 33.9. The molecule has 2 heteroatoms. The molecule has 0 saturated carbocycles. The van der Waals surface area contributed by atoms with Crippen LogP contribution >= 0.6 is 0 Å². The van der Waals surface area contributed by atoms with Crippen molar-refractivity contribution in [1.82, 2.24) is 4.57 Å². The fourth-order valence-corrected chi connectivity index (χ4v) is 10.3. The van der Waals surface area contributed by atoms with Crippen molar-refractivity contribution < 1.29 is 0 Å². The highest BCUT2D eigenvalue weighted by molar-refractivity contribution is 6.16. The van der Waals surface area contributed by atoms with Gasteiger partial charge in [-0.25, -0.2) is 0 Å². The average Bonchev–Trinajstić information content (AvgIpc) is 3.51. The van der Waals surface area contributed by atoms with Crippen LogP contribution in [0.15, 0.2) is 151 Å². The first-order chi connectivity index (χ1) is 26.6. The highest BCUT2D eigenvalue weighted by Crippen LogP contribution is 2.57. The summed E-state index contributed by atoms with van der Waals surface area (Å²) < 4.78 is 2.65. The highest BCUT2D eigenvalue weighted by Gasteiger charge is 2.44. The summed E-state index contributed by atoms with van der Waals surface area (Å²) in [5.74, 6) is 1.25. The molecule has 0 bridgehead atoms. The maximum Gasteiger partial charge on any atom is 0.0583 e. The first-order valence-corrected chi connectivity index (χ1v) is 20.2. The zero-order valence-corrected chi connectivity index (χ0v) is 33.2. The molecule has 1 aromatic heterocycles. The van der Waals surface area contributed by atoms with E-state index < -0.39 is 0 Å². The average molecular weight is 715 g/mol. The molecule has 5 aromatic carbocycles. The SMILES string of the molecule is C/C=C\C(C)Cc1ccc(-c2cc3c4c(c2)c2cc(N(C5=CC6C=CC=CC6C=C5)c5ccccc5)cc5c2n4-c2c(cccc2C5(C)C)C3(C)C)cc1C. The lowest BCUT2D eigenvalue weighted by Gasteiger charge is -2.42. The predicted octanol–water partition coefficient (Wildman–Crippen LogP) is 13.7. The third-order valence-corrected chi connectivity index (χ3v) is 13.2. The fraction of sp³-hybridized carbons (Fsp3) is 0.245. The number of fused-ring (bicyclic) bond motifs is 2. The van der Waals surface area contributed by atoms with Crippen LogP contribution in [0, 0.1) is 24.7 Å². The molecule has 2 aliphatic heterocycles. The van der Waals surface area contributed by atoms with Crippen molar-refractivity contribution in [2.24, 2.45) is 17.8 Å². The zero-order valence-electron chi connectivity index (χ0n) is 33.2. The Kier molecular flexibility index (Phi) is 7.53. The summed E-state index contributed by atoms with van der Waals surface area (Å²) in [6.45, 7) is 16.5. The van der Waals surface area contributed by atoms with E-state index >= 15 is 0 Å². The van der Waals surface area contributed by atoms with E-state index in [1.54, 1.807) is 0 Å². The quantitative estimate of drug-likeness (QED) is 0.149. The van der Waals surface area contributed by atoms with Crippen LogP contribution in [0.1, 0.15) is 74.9 Å². The van der Waals surface area contributed by atoms with Crippen LogP contribution in [0.3, 0.4) is 0 Å². The van der Waals surface area contributed by atoms with Gasteiger partial charge < -0.3 is 9.47 Å². The number of allylic oxidation sites excluding steroid dienone is 9. The van der Waals surface area contributed by atoms with E-state index in [2.05, 4.69) is 204 Å². The van der Waals surface area contributed by atoms with Gasteiger partial charge in [-0.2, -0.15) is 0 Å². The second kappa shape index (κ2) is 12.2. The minimum atomic E-state index is -0.210. The third-order valence-electron chi connectivity index (χ3n) is 13.2. The van der Waals surface area contributed by atoms with Crippen molar-refractivity contribution in [2.45, 2.75) is 65.7 Å². The van der Waals surface area contributed by atoms with Crippen LogP contribution in [0.25, 0.3) is 38.6 Å². The van der Waals surface area contributed by atoms with Gasteiger partial charge in [0.15, 0.2) is 0 Å².